The number of halogens is 1. The first-order valence-electron chi connectivity index (χ1n) is 5.74. The number of rotatable bonds is 3. The van der Waals surface area contributed by atoms with E-state index in [0.717, 1.165) is 5.82 Å². The lowest BCUT2D eigenvalue weighted by Crippen LogP contribution is -2.44. The van der Waals surface area contributed by atoms with E-state index in [9.17, 15) is 4.79 Å². The topological polar surface area (TPSA) is 51.7 Å². The fourth-order valence-corrected chi connectivity index (χ4v) is 2.16. The van der Waals surface area contributed by atoms with E-state index in [1.807, 2.05) is 4.90 Å². The van der Waals surface area contributed by atoms with E-state index in [2.05, 4.69) is 9.72 Å². The van der Waals surface area contributed by atoms with Gasteiger partial charge in [0.2, 0.25) is 0 Å². The quantitative estimate of drug-likeness (QED) is 0.779. The highest BCUT2D eigenvalue weighted by atomic mass is 35.5. The molecule has 98 valence electrons. The predicted molar refractivity (Wildman–Crippen MR) is 67.8 cm³/mol. The molecule has 0 saturated carbocycles. The molecular formula is C12H15ClN2O3. The zero-order valence-electron chi connectivity index (χ0n) is 10.1. The molecule has 0 bridgehead atoms. The Labute approximate surface area is 111 Å². The van der Waals surface area contributed by atoms with E-state index in [1.165, 1.54) is 7.11 Å². The average Bonchev–Trinajstić information content (AvgIpc) is 2.39. The van der Waals surface area contributed by atoms with Gasteiger partial charge in [-0.05, 0) is 12.1 Å². The molecule has 1 aliphatic heterocycles. The van der Waals surface area contributed by atoms with E-state index in [1.54, 1.807) is 18.3 Å². The summed E-state index contributed by atoms with van der Waals surface area (Å²) >= 11 is 6.10. The molecule has 5 nitrogen and oxygen atoms in total. The molecule has 1 aliphatic rings. The van der Waals surface area contributed by atoms with Crippen LogP contribution in [0.2, 0.25) is 5.02 Å². The summed E-state index contributed by atoms with van der Waals surface area (Å²) in [6, 6.07) is 3.59. The number of anilines is 1. The van der Waals surface area contributed by atoms with Crippen LogP contribution >= 0.6 is 11.6 Å². The zero-order valence-corrected chi connectivity index (χ0v) is 10.9. The number of aromatic nitrogens is 1. The molecule has 1 unspecified atom stereocenters. The van der Waals surface area contributed by atoms with Crippen molar-refractivity contribution in [3.63, 3.8) is 0 Å². The fourth-order valence-electron chi connectivity index (χ4n) is 1.91. The molecule has 6 heteroatoms. The summed E-state index contributed by atoms with van der Waals surface area (Å²) in [5, 5.41) is 0.608. The maximum atomic E-state index is 11.2. The molecule has 1 aromatic rings. The van der Waals surface area contributed by atoms with Crippen LogP contribution in [-0.4, -0.2) is 43.9 Å². The van der Waals surface area contributed by atoms with E-state index < -0.39 is 0 Å². The second-order valence-electron chi connectivity index (χ2n) is 4.03. The second-order valence-corrected chi connectivity index (χ2v) is 4.44. The van der Waals surface area contributed by atoms with Crippen molar-refractivity contribution >= 4 is 23.4 Å². The van der Waals surface area contributed by atoms with Crippen LogP contribution in [0.1, 0.15) is 6.42 Å². The molecule has 1 saturated heterocycles. The van der Waals surface area contributed by atoms with Crippen LogP contribution < -0.4 is 4.90 Å². The number of morpholine rings is 1. The van der Waals surface area contributed by atoms with E-state index in [0.29, 0.717) is 24.7 Å². The third-order valence-electron chi connectivity index (χ3n) is 2.80. The molecule has 0 N–H and O–H groups in total. The number of pyridine rings is 1. The minimum absolute atomic E-state index is 0.177. The lowest BCUT2D eigenvalue weighted by molar-refractivity contribution is -0.144. The average molecular weight is 271 g/mol. The molecule has 1 aromatic heterocycles. The Kier molecular flexibility index (Phi) is 4.38. The van der Waals surface area contributed by atoms with Gasteiger partial charge in [-0.25, -0.2) is 4.98 Å². The summed E-state index contributed by atoms with van der Waals surface area (Å²) in [5.41, 5.74) is 0. The minimum Gasteiger partial charge on any atom is -0.469 e. The van der Waals surface area contributed by atoms with Crippen LogP contribution in [0, 0.1) is 0 Å². The molecule has 0 spiro atoms. The first-order chi connectivity index (χ1) is 8.70. The van der Waals surface area contributed by atoms with Crippen LogP contribution in [0.25, 0.3) is 0 Å². The van der Waals surface area contributed by atoms with Gasteiger partial charge in [-0.1, -0.05) is 11.6 Å². The van der Waals surface area contributed by atoms with Crippen LogP contribution in [0.4, 0.5) is 5.82 Å². The van der Waals surface area contributed by atoms with E-state index >= 15 is 0 Å². The molecule has 18 heavy (non-hydrogen) atoms. The molecule has 0 aliphatic carbocycles. The molecular weight excluding hydrogens is 256 g/mol. The molecule has 0 amide bonds. The molecule has 1 atom stereocenters. The largest absolute Gasteiger partial charge is 0.469 e. The number of methoxy groups -OCH3 is 1. The maximum Gasteiger partial charge on any atom is 0.308 e. The normalized spacial score (nSPS) is 19.7. The highest BCUT2D eigenvalue weighted by Crippen LogP contribution is 2.24. The Bertz CT molecular complexity index is 428. The second kappa shape index (κ2) is 6.02. The number of hydrogen-bond donors (Lipinski definition) is 0. The summed E-state index contributed by atoms with van der Waals surface area (Å²) < 4.78 is 10.2. The van der Waals surface area contributed by atoms with Crippen molar-refractivity contribution in [2.75, 3.05) is 31.7 Å². The predicted octanol–water partition coefficient (Wildman–Crippen LogP) is 1.50. The highest BCUT2D eigenvalue weighted by Gasteiger charge is 2.25. The number of carbonyl (C=O) groups excluding carboxylic acids is 1. The molecule has 2 heterocycles. The molecule has 2 rings (SSSR count). The Hall–Kier alpha value is -1.33. The van der Waals surface area contributed by atoms with Gasteiger partial charge in [0.05, 0.1) is 31.3 Å². The van der Waals surface area contributed by atoms with Gasteiger partial charge >= 0.3 is 5.97 Å². The maximum absolute atomic E-state index is 11.2. The Morgan fingerprint density at radius 3 is 3.28 bits per heavy atom. The monoisotopic (exact) mass is 270 g/mol. The van der Waals surface area contributed by atoms with Crippen molar-refractivity contribution in [3.8, 4) is 0 Å². The third-order valence-corrected chi connectivity index (χ3v) is 3.09. The van der Waals surface area contributed by atoms with Crippen LogP contribution in [0.15, 0.2) is 18.3 Å². The summed E-state index contributed by atoms with van der Waals surface area (Å²) in [5.74, 6) is 0.464. The van der Waals surface area contributed by atoms with Gasteiger partial charge in [0.25, 0.3) is 0 Å². The molecule has 0 aromatic carbocycles. The van der Waals surface area contributed by atoms with Crippen molar-refractivity contribution < 1.29 is 14.3 Å². The summed E-state index contributed by atoms with van der Waals surface area (Å²) in [7, 11) is 1.37. The summed E-state index contributed by atoms with van der Waals surface area (Å²) in [6.45, 7) is 1.86. The standard InChI is InChI=1S/C12H15ClN2O3/c1-17-11(16)7-9-8-15(5-6-18-9)12-10(13)3-2-4-14-12/h2-4,9H,5-8H2,1H3. The van der Waals surface area contributed by atoms with Crippen LogP contribution in [0.3, 0.4) is 0 Å². The Balaban J connectivity index is 2.03. The zero-order chi connectivity index (χ0) is 13.0. The van der Waals surface area contributed by atoms with Gasteiger partial charge in [-0.3, -0.25) is 4.79 Å². The third kappa shape index (κ3) is 3.11. The van der Waals surface area contributed by atoms with Crippen LogP contribution in [0.5, 0.6) is 0 Å². The van der Waals surface area contributed by atoms with Gasteiger partial charge in [-0.15, -0.1) is 0 Å². The van der Waals surface area contributed by atoms with Crippen molar-refractivity contribution in [2.45, 2.75) is 12.5 Å². The lowest BCUT2D eigenvalue weighted by Gasteiger charge is -2.33. The molecule has 0 radical (unpaired) electrons. The van der Waals surface area contributed by atoms with Gasteiger partial charge in [0.1, 0.15) is 5.82 Å². The van der Waals surface area contributed by atoms with E-state index in [4.69, 9.17) is 16.3 Å². The number of esters is 1. The highest BCUT2D eigenvalue weighted by molar-refractivity contribution is 6.32. The fraction of sp³-hybridized carbons (Fsp3) is 0.500. The van der Waals surface area contributed by atoms with E-state index in [-0.39, 0.29) is 18.5 Å². The number of ether oxygens (including phenoxy) is 2. The van der Waals surface area contributed by atoms with Crippen molar-refractivity contribution in [3.05, 3.63) is 23.4 Å². The minimum atomic E-state index is -0.269. The van der Waals surface area contributed by atoms with Gasteiger partial charge in [0.15, 0.2) is 0 Å². The van der Waals surface area contributed by atoms with Gasteiger partial charge in [0, 0.05) is 19.3 Å². The summed E-state index contributed by atoms with van der Waals surface area (Å²) in [4.78, 5) is 17.5. The summed E-state index contributed by atoms with van der Waals surface area (Å²) in [6.07, 6.45) is 1.77. The number of carbonyl (C=O) groups is 1. The van der Waals surface area contributed by atoms with Crippen molar-refractivity contribution in [1.82, 2.24) is 4.98 Å². The Morgan fingerprint density at radius 1 is 1.72 bits per heavy atom. The number of nitrogens with zero attached hydrogens (tertiary/aromatic N) is 2. The van der Waals surface area contributed by atoms with Gasteiger partial charge < -0.3 is 14.4 Å². The Morgan fingerprint density at radius 2 is 2.56 bits per heavy atom. The molecule has 1 fully saturated rings. The SMILES string of the molecule is COC(=O)CC1CN(c2ncccc2Cl)CCO1. The first kappa shape index (κ1) is 13.1. The lowest BCUT2D eigenvalue weighted by atomic mass is 10.2. The van der Waals surface area contributed by atoms with Gasteiger partial charge in [-0.2, -0.15) is 0 Å². The van der Waals surface area contributed by atoms with Crippen LogP contribution in [-0.2, 0) is 14.3 Å². The van der Waals surface area contributed by atoms with Crippen molar-refractivity contribution in [2.24, 2.45) is 0 Å². The smallest absolute Gasteiger partial charge is 0.308 e. The number of hydrogen-bond acceptors (Lipinski definition) is 5. The van der Waals surface area contributed by atoms with Crippen molar-refractivity contribution in [1.29, 1.82) is 0 Å². The first-order valence-corrected chi connectivity index (χ1v) is 6.12.